The van der Waals surface area contributed by atoms with Crippen molar-refractivity contribution in [3.8, 4) is 0 Å². The molecule has 0 spiro atoms. The van der Waals surface area contributed by atoms with E-state index in [2.05, 4.69) is 31.0 Å². The number of nitrogens with two attached hydrogens (primary N) is 1. The van der Waals surface area contributed by atoms with Crippen LogP contribution in [0.5, 0.6) is 0 Å². The van der Waals surface area contributed by atoms with Crippen molar-refractivity contribution in [3.05, 3.63) is 35.6 Å². The third-order valence-corrected chi connectivity index (χ3v) is 4.68. The largest absolute Gasteiger partial charge is 0.456 e. The van der Waals surface area contributed by atoms with Gasteiger partial charge >= 0.3 is 0 Å². The zero-order valence-electron chi connectivity index (χ0n) is 11.4. The van der Waals surface area contributed by atoms with Crippen molar-refractivity contribution < 1.29 is 4.42 Å². The molecular formula is C15H18N2OS2. The lowest BCUT2D eigenvalue weighted by Gasteiger charge is -2.14. The highest BCUT2D eigenvalue weighted by Gasteiger charge is 2.14. The Morgan fingerprint density at radius 1 is 1.40 bits per heavy atom. The van der Waals surface area contributed by atoms with E-state index in [4.69, 9.17) is 10.2 Å². The summed E-state index contributed by atoms with van der Waals surface area (Å²) in [5, 5.41) is 1.11. The molecule has 0 atom stereocenters. The molecule has 3 rings (SSSR count). The van der Waals surface area contributed by atoms with Crippen LogP contribution in [0.15, 0.2) is 28.7 Å². The minimum absolute atomic E-state index is 0.496. The van der Waals surface area contributed by atoms with Gasteiger partial charge in [0, 0.05) is 30.8 Å². The van der Waals surface area contributed by atoms with Gasteiger partial charge in [0.15, 0.2) is 0 Å². The number of nitrogens with zero attached hydrogens (tertiary/aromatic N) is 1. The van der Waals surface area contributed by atoms with Gasteiger partial charge in [-0.3, -0.25) is 0 Å². The van der Waals surface area contributed by atoms with E-state index in [-0.39, 0.29) is 0 Å². The van der Waals surface area contributed by atoms with E-state index < -0.39 is 0 Å². The summed E-state index contributed by atoms with van der Waals surface area (Å²) >= 11 is 6.33. The predicted molar refractivity (Wildman–Crippen MR) is 91.4 cm³/mol. The molecule has 0 saturated heterocycles. The lowest BCUT2D eigenvalue weighted by Crippen LogP contribution is -2.07. The van der Waals surface area contributed by atoms with Crippen molar-refractivity contribution in [2.24, 2.45) is 5.73 Å². The molecule has 20 heavy (non-hydrogen) atoms. The van der Waals surface area contributed by atoms with Gasteiger partial charge in [0.2, 0.25) is 0 Å². The van der Waals surface area contributed by atoms with Gasteiger partial charge < -0.3 is 14.5 Å². The van der Waals surface area contributed by atoms with Gasteiger partial charge in [0.25, 0.3) is 0 Å². The van der Waals surface area contributed by atoms with Gasteiger partial charge in [-0.05, 0) is 35.4 Å². The number of thioether (sulfide) groups is 1. The molecule has 0 unspecified atom stereocenters. The minimum atomic E-state index is 0.496. The van der Waals surface area contributed by atoms with Gasteiger partial charge in [0.1, 0.15) is 11.3 Å². The average Bonchev–Trinajstić information content (AvgIpc) is 2.89. The van der Waals surface area contributed by atoms with E-state index in [1.165, 1.54) is 11.3 Å². The third-order valence-electron chi connectivity index (χ3n) is 3.57. The lowest BCUT2D eigenvalue weighted by atomic mass is 10.1. The Labute approximate surface area is 128 Å². The van der Waals surface area contributed by atoms with Crippen LogP contribution in [0.4, 0.5) is 5.69 Å². The van der Waals surface area contributed by atoms with Crippen molar-refractivity contribution in [2.75, 3.05) is 22.9 Å². The van der Waals surface area contributed by atoms with Crippen LogP contribution in [-0.2, 0) is 6.54 Å². The van der Waals surface area contributed by atoms with E-state index in [1.807, 2.05) is 24.9 Å². The maximum absolute atomic E-state index is 6.02. The summed E-state index contributed by atoms with van der Waals surface area (Å²) in [7, 11) is 1.90. The standard InChI is InChI=1S/C15H18N2OS2/c1-17(19)13-8-15-11(6-12(13)9-16)7-14(18-15)10-2-4-20-5-3-10/h2,6-8,19H,3-5,9,16H2,1H3. The van der Waals surface area contributed by atoms with Gasteiger partial charge in [-0.2, -0.15) is 11.8 Å². The van der Waals surface area contributed by atoms with Crippen molar-refractivity contribution in [2.45, 2.75) is 13.0 Å². The lowest BCUT2D eigenvalue weighted by molar-refractivity contribution is 0.597. The maximum atomic E-state index is 6.02. The summed E-state index contributed by atoms with van der Waals surface area (Å²) in [5.74, 6) is 3.23. The fourth-order valence-electron chi connectivity index (χ4n) is 2.50. The van der Waals surface area contributed by atoms with Crippen LogP contribution in [0.2, 0.25) is 0 Å². The summed E-state index contributed by atoms with van der Waals surface area (Å²) in [4.78, 5) is 0. The normalized spacial score (nSPS) is 15.4. The van der Waals surface area contributed by atoms with Crippen molar-refractivity contribution in [3.63, 3.8) is 0 Å². The van der Waals surface area contributed by atoms with Crippen LogP contribution in [0, 0.1) is 0 Å². The Balaban J connectivity index is 2.08. The maximum Gasteiger partial charge on any atom is 0.136 e. The summed E-state index contributed by atoms with van der Waals surface area (Å²) < 4.78 is 7.80. The minimum Gasteiger partial charge on any atom is -0.456 e. The summed E-state index contributed by atoms with van der Waals surface area (Å²) in [6.45, 7) is 0.496. The highest BCUT2D eigenvalue weighted by atomic mass is 32.2. The molecule has 0 bridgehead atoms. The highest BCUT2D eigenvalue weighted by molar-refractivity contribution is 7.99. The molecule has 1 aliphatic rings. The Bertz CT molecular complexity index is 661. The fraction of sp³-hybridized carbons (Fsp3) is 0.333. The van der Waals surface area contributed by atoms with E-state index in [0.717, 1.165) is 40.2 Å². The zero-order chi connectivity index (χ0) is 14.1. The number of fused-ring (bicyclic) bond motifs is 1. The van der Waals surface area contributed by atoms with Crippen LogP contribution in [-0.4, -0.2) is 18.6 Å². The van der Waals surface area contributed by atoms with Crippen LogP contribution >= 0.6 is 24.6 Å². The molecule has 2 N–H and O–H groups in total. The first-order valence-corrected chi connectivity index (χ1v) is 8.21. The molecule has 2 aromatic rings. The molecule has 0 fully saturated rings. The molecule has 1 aliphatic heterocycles. The fourth-order valence-corrected chi connectivity index (χ4v) is 3.53. The Morgan fingerprint density at radius 2 is 2.25 bits per heavy atom. The van der Waals surface area contributed by atoms with Crippen LogP contribution in [0.1, 0.15) is 17.7 Å². The molecule has 0 radical (unpaired) electrons. The first kappa shape index (κ1) is 13.9. The van der Waals surface area contributed by atoms with E-state index in [0.29, 0.717) is 6.54 Å². The van der Waals surface area contributed by atoms with Gasteiger partial charge in [-0.25, -0.2) is 0 Å². The second-order valence-electron chi connectivity index (χ2n) is 4.91. The summed E-state index contributed by atoms with van der Waals surface area (Å²) in [6, 6.07) is 6.24. The van der Waals surface area contributed by atoms with Crippen LogP contribution in [0.25, 0.3) is 16.5 Å². The molecule has 0 amide bonds. The molecule has 1 aromatic carbocycles. The number of benzene rings is 1. The second-order valence-corrected chi connectivity index (χ2v) is 6.66. The van der Waals surface area contributed by atoms with Gasteiger partial charge in [-0.15, -0.1) is 0 Å². The first-order chi connectivity index (χ1) is 9.69. The Hall–Kier alpha value is -1.04. The number of hydrogen-bond donors (Lipinski definition) is 2. The van der Waals surface area contributed by atoms with Crippen LogP contribution < -0.4 is 10.0 Å². The second kappa shape index (κ2) is 5.76. The smallest absolute Gasteiger partial charge is 0.136 e. The molecular weight excluding hydrogens is 288 g/mol. The molecule has 0 saturated carbocycles. The SMILES string of the molecule is CN(S)c1cc2oc(C3=CCSCC3)cc2cc1CN. The van der Waals surface area contributed by atoms with Crippen molar-refractivity contribution >= 4 is 46.8 Å². The quantitative estimate of drug-likeness (QED) is 0.849. The number of hydrogen-bond acceptors (Lipinski definition) is 5. The Morgan fingerprint density at radius 3 is 2.90 bits per heavy atom. The summed E-state index contributed by atoms with van der Waals surface area (Å²) in [5.41, 5.74) is 10.1. The molecule has 3 nitrogen and oxygen atoms in total. The van der Waals surface area contributed by atoms with Crippen LogP contribution in [0.3, 0.4) is 0 Å². The van der Waals surface area contributed by atoms with Crippen molar-refractivity contribution in [1.29, 1.82) is 0 Å². The number of rotatable bonds is 3. The first-order valence-electron chi connectivity index (χ1n) is 6.65. The molecule has 5 heteroatoms. The summed E-state index contributed by atoms with van der Waals surface area (Å²) in [6.07, 6.45) is 3.34. The number of allylic oxidation sites excluding steroid dienone is 1. The zero-order valence-corrected chi connectivity index (χ0v) is 13.1. The van der Waals surface area contributed by atoms with E-state index in [1.54, 1.807) is 4.31 Å². The number of anilines is 1. The van der Waals surface area contributed by atoms with Gasteiger partial charge in [0.05, 0.1) is 5.69 Å². The number of furan rings is 1. The number of thiol groups is 1. The predicted octanol–water partition coefficient (Wildman–Crippen LogP) is 3.69. The molecule has 1 aromatic heterocycles. The van der Waals surface area contributed by atoms with Crippen molar-refractivity contribution in [1.82, 2.24) is 0 Å². The topological polar surface area (TPSA) is 42.4 Å². The third kappa shape index (κ3) is 2.57. The highest BCUT2D eigenvalue weighted by Crippen LogP contribution is 2.34. The molecule has 0 aliphatic carbocycles. The average molecular weight is 306 g/mol. The molecule has 106 valence electrons. The monoisotopic (exact) mass is 306 g/mol. The van der Waals surface area contributed by atoms with E-state index in [9.17, 15) is 0 Å². The van der Waals surface area contributed by atoms with E-state index >= 15 is 0 Å². The van der Waals surface area contributed by atoms with Gasteiger partial charge in [-0.1, -0.05) is 18.9 Å². The molecule has 2 heterocycles. The Kier molecular flexibility index (Phi) is 4.01.